The summed E-state index contributed by atoms with van der Waals surface area (Å²) >= 11 is 0. The maximum Gasteiger partial charge on any atom is 0.123 e. The highest BCUT2D eigenvalue weighted by molar-refractivity contribution is 5.26. The molecule has 0 aliphatic heterocycles. The van der Waals surface area contributed by atoms with Crippen molar-refractivity contribution in [1.29, 1.82) is 0 Å². The quantitative estimate of drug-likeness (QED) is 0.810. The van der Waals surface area contributed by atoms with Crippen molar-refractivity contribution >= 4 is 0 Å². The number of hydrogen-bond acceptors (Lipinski definition) is 1. The van der Waals surface area contributed by atoms with Crippen molar-refractivity contribution in [2.24, 2.45) is 11.7 Å². The fraction of sp³-hybridized carbons (Fsp3) is 0.538. The number of halogens is 1. The second-order valence-electron chi connectivity index (χ2n) is 4.59. The molecular formula is C13H20FN. The van der Waals surface area contributed by atoms with Gasteiger partial charge >= 0.3 is 0 Å². The third kappa shape index (κ3) is 4.00. The van der Waals surface area contributed by atoms with E-state index in [0.29, 0.717) is 5.92 Å². The van der Waals surface area contributed by atoms with Crippen LogP contribution in [-0.2, 0) is 6.42 Å². The molecule has 0 spiro atoms. The van der Waals surface area contributed by atoms with E-state index in [-0.39, 0.29) is 11.9 Å². The molecule has 0 fully saturated rings. The van der Waals surface area contributed by atoms with Crippen LogP contribution in [0.2, 0.25) is 0 Å². The molecule has 2 atom stereocenters. The molecule has 0 amide bonds. The maximum atomic E-state index is 13.0. The van der Waals surface area contributed by atoms with Crippen LogP contribution in [0.4, 0.5) is 4.39 Å². The van der Waals surface area contributed by atoms with Crippen molar-refractivity contribution in [3.63, 3.8) is 0 Å². The SMILES string of the molecule is Cc1ccc(F)cc1CC(C)CC(C)N. The Kier molecular flexibility index (Phi) is 4.28. The van der Waals surface area contributed by atoms with E-state index in [0.717, 1.165) is 24.0 Å². The van der Waals surface area contributed by atoms with E-state index in [1.807, 2.05) is 19.9 Å². The van der Waals surface area contributed by atoms with Gasteiger partial charge in [0, 0.05) is 6.04 Å². The molecule has 1 aromatic carbocycles. The predicted octanol–water partition coefficient (Wildman–Crippen LogP) is 3.05. The zero-order chi connectivity index (χ0) is 11.4. The molecule has 1 nitrogen and oxygen atoms in total. The van der Waals surface area contributed by atoms with Gasteiger partial charge in [-0.1, -0.05) is 13.0 Å². The Morgan fingerprint density at radius 1 is 1.33 bits per heavy atom. The highest BCUT2D eigenvalue weighted by Crippen LogP contribution is 2.17. The molecule has 0 heterocycles. The lowest BCUT2D eigenvalue weighted by molar-refractivity contribution is 0.478. The number of nitrogens with two attached hydrogens (primary N) is 1. The summed E-state index contributed by atoms with van der Waals surface area (Å²) in [6.07, 6.45) is 1.89. The van der Waals surface area contributed by atoms with Crippen LogP contribution in [0, 0.1) is 18.7 Å². The summed E-state index contributed by atoms with van der Waals surface area (Å²) in [4.78, 5) is 0. The van der Waals surface area contributed by atoms with Crippen LogP contribution >= 0.6 is 0 Å². The van der Waals surface area contributed by atoms with E-state index in [4.69, 9.17) is 5.73 Å². The van der Waals surface area contributed by atoms with Gasteiger partial charge in [0.05, 0.1) is 0 Å². The van der Waals surface area contributed by atoms with Gasteiger partial charge in [0.2, 0.25) is 0 Å². The molecule has 84 valence electrons. The minimum Gasteiger partial charge on any atom is -0.328 e. The van der Waals surface area contributed by atoms with Crippen LogP contribution < -0.4 is 5.73 Å². The number of benzene rings is 1. The van der Waals surface area contributed by atoms with Gasteiger partial charge < -0.3 is 5.73 Å². The minimum atomic E-state index is -0.149. The van der Waals surface area contributed by atoms with Gasteiger partial charge in [-0.2, -0.15) is 0 Å². The number of aryl methyl sites for hydroxylation is 1. The summed E-state index contributed by atoms with van der Waals surface area (Å²) in [6, 6.07) is 5.19. The Labute approximate surface area is 91.5 Å². The lowest BCUT2D eigenvalue weighted by atomic mass is 9.93. The Bertz CT molecular complexity index is 320. The summed E-state index contributed by atoms with van der Waals surface area (Å²) in [5.74, 6) is 0.356. The van der Waals surface area contributed by atoms with Crippen LogP contribution in [0.5, 0.6) is 0 Å². The molecule has 15 heavy (non-hydrogen) atoms. The molecule has 0 saturated carbocycles. The van der Waals surface area contributed by atoms with E-state index >= 15 is 0 Å². The van der Waals surface area contributed by atoms with E-state index in [1.54, 1.807) is 6.07 Å². The third-order valence-electron chi connectivity index (χ3n) is 2.65. The second-order valence-corrected chi connectivity index (χ2v) is 4.59. The van der Waals surface area contributed by atoms with Crippen molar-refractivity contribution in [2.45, 2.75) is 39.7 Å². The average molecular weight is 209 g/mol. The molecule has 2 heteroatoms. The van der Waals surface area contributed by atoms with Crippen LogP contribution in [0.3, 0.4) is 0 Å². The van der Waals surface area contributed by atoms with E-state index < -0.39 is 0 Å². The summed E-state index contributed by atoms with van der Waals surface area (Å²) in [5.41, 5.74) is 8.00. The summed E-state index contributed by atoms with van der Waals surface area (Å²) in [7, 11) is 0. The maximum absolute atomic E-state index is 13.0. The van der Waals surface area contributed by atoms with E-state index in [2.05, 4.69) is 6.92 Å². The van der Waals surface area contributed by atoms with Crippen LogP contribution in [-0.4, -0.2) is 6.04 Å². The molecule has 0 bridgehead atoms. The Balaban J connectivity index is 2.67. The predicted molar refractivity (Wildman–Crippen MR) is 62.3 cm³/mol. The van der Waals surface area contributed by atoms with Crippen LogP contribution in [0.1, 0.15) is 31.4 Å². The first kappa shape index (κ1) is 12.2. The summed E-state index contributed by atoms with van der Waals surface area (Å²) < 4.78 is 13.0. The van der Waals surface area contributed by atoms with Crippen molar-refractivity contribution in [2.75, 3.05) is 0 Å². The molecule has 2 unspecified atom stereocenters. The molecule has 0 aliphatic rings. The first-order valence-corrected chi connectivity index (χ1v) is 5.49. The third-order valence-corrected chi connectivity index (χ3v) is 2.65. The standard InChI is InChI=1S/C13H20FN/c1-9(6-11(3)15)7-12-8-13(14)5-4-10(12)2/h4-5,8-9,11H,6-7,15H2,1-3H3. The monoisotopic (exact) mass is 209 g/mol. The number of hydrogen-bond donors (Lipinski definition) is 1. The van der Waals surface area contributed by atoms with Gasteiger partial charge in [-0.05, 0) is 55.9 Å². The van der Waals surface area contributed by atoms with E-state index in [9.17, 15) is 4.39 Å². The van der Waals surface area contributed by atoms with Gasteiger partial charge in [0.1, 0.15) is 5.82 Å². The lowest BCUT2D eigenvalue weighted by Gasteiger charge is -2.15. The number of rotatable bonds is 4. The molecule has 0 radical (unpaired) electrons. The van der Waals surface area contributed by atoms with Crippen LogP contribution in [0.15, 0.2) is 18.2 Å². The Hall–Kier alpha value is -0.890. The molecule has 1 aromatic rings. The fourth-order valence-electron chi connectivity index (χ4n) is 1.95. The molecular weight excluding hydrogens is 189 g/mol. The lowest BCUT2D eigenvalue weighted by Crippen LogP contribution is -2.19. The molecule has 0 aromatic heterocycles. The highest BCUT2D eigenvalue weighted by Gasteiger charge is 2.08. The van der Waals surface area contributed by atoms with Gasteiger partial charge in [0.25, 0.3) is 0 Å². The average Bonchev–Trinajstić information content (AvgIpc) is 2.10. The molecule has 1 rings (SSSR count). The van der Waals surface area contributed by atoms with Crippen molar-refractivity contribution in [1.82, 2.24) is 0 Å². The largest absolute Gasteiger partial charge is 0.328 e. The second kappa shape index (κ2) is 5.26. The van der Waals surface area contributed by atoms with Gasteiger partial charge in [-0.25, -0.2) is 4.39 Å². The van der Waals surface area contributed by atoms with Crippen molar-refractivity contribution in [3.05, 3.63) is 35.1 Å². The zero-order valence-corrected chi connectivity index (χ0v) is 9.76. The molecule has 0 aliphatic carbocycles. The molecule has 2 N–H and O–H groups in total. The first-order chi connectivity index (χ1) is 6.99. The normalized spacial score (nSPS) is 15.0. The zero-order valence-electron chi connectivity index (χ0n) is 9.76. The Morgan fingerprint density at radius 3 is 2.60 bits per heavy atom. The highest BCUT2D eigenvalue weighted by atomic mass is 19.1. The topological polar surface area (TPSA) is 26.0 Å². The minimum absolute atomic E-state index is 0.149. The van der Waals surface area contributed by atoms with Gasteiger partial charge in [0.15, 0.2) is 0 Å². The Morgan fingerprint density at radius 2 is 2.00 bits per heavy atom. The van der Waals surface area contributed by atoms with Gasteiger partial charge in [-0.3, -0.25) is 0 Å². The van der Waals surface area contributed by atoms with Crippen LogP contribution in [0.25, 0.3) is 0 Å². The van der Waals surface area contributed by atoms with Crippen molar-refractivity contribution < 1.29 is 4.39 Å². The summed E-state index contributed by atoms with van der Waals surface area (Å²) in [6.45, 7) is 6.19. The fourth-order valence-corrected chi connectivity index (χ4v) is 1.95. The first-order valence-electron chi connectivity index (χ1n) is 5.49. The van der Waals surface area contributed by atoms with Gasteiger partial charge in [-0.15, -0.1) is 0 Å². The van der Waals surface area contributed by atoms with Crippen molar-refractivity contribution in [3.8, 4) is 0 Å². The smallest absolute Gasteiger partial charge is 0.123 e. The summed E-state index contributed by atoms with van der Waals surface area (Å²) in [5, 5.41) is 0. The molecule has 0 saturated heterocycles. The van der Waals surface area contributed by atoms with E-state index in [1.165, 1.54) is 6.07 Å².